The summed E-state index contributed by atoms with van der Waals surface area (Å²) in [6.07, 6.45) is 1.18. The predicted molar refractivity (Wildman–Crippen MR) is 93.4 cm³/mol. The largest absolute Gasteiger partial charge is 0.377 e. The summed E-state index contributed by atoms with van der Waals surface area (Å²) in [6.45, 7) is 4.96. The van der Waals surface area contributed by atoms with Crippen LogP contribution in [0.15, 0.2) is 36.9 Å². The first-order chi connectivity index (χ1) is 12.0. The Morgan fingerprint density at radius 2 is 2.04 bits per heavy atom. The van der Waals surface area contributed by atoms with Gasteiger partial charge in [-0.1, -0.05) is 6.58 Å². The first-order valence-corrected chi connectivity index (χ1v) is 7.93. The summed E-state index contributed by atoms with van der Waals surface area (Å²) in [5.74, 6) is -0.457. The number of nitrogens with one attached hydrogen (secondary N) is 3. The van der Waals surface area contributed by atoms with Gasteiger partial charge in [0.05, 0.1) is 19.3 Å². The van der Waals surface area contributed by atoms with E-state index in [4.69, 9.17) is 4.74 Å². The number of hydrogen-bond acceptors (Lipinski definition) is 4. The van der Waals surface area contributed by atoms with Crippen molar-refractivity contribution in [1.82, 2.24) is 15.5 Å². The summed E-state index contributed by atoms with van der Waals surface area (Å²) in [5.41, 5.74) is 1.09. The summed E-state index contributed by atoms with van der Waals surface area (Å²) in [6, 6.07) is 6.08. The van der Waals surface area contributed by atoms with Crippen molar-refractivity contribution < 1.29 is 19.1 Å². The second-order valence-corrected chi connectivity index (χ2v) is 5.46. The van der Waals surface area contributed by atoms with Gasteiger partial charge in [-0.05, 0) is 30.3 Å². The highest BCUT2D eigenvalue weighted by atomic mass is 16.5. The highest BCUT2D eigenvalue weighted by Crippen LogP contribution is 2.15. The molecule has 0 bridgehead atoms. The van der Waals surface area contributed by atoms with Crippen molar-refractivity contribution in [1.29, 1.82) is 0 Å². The van der Waals surface area contributed by atoms with E-state index in [9.17, 15) is 14.4 Å². The summed E-state index contributed by atoms with van der Waals surface area (Å²) < 4.78 is 5.42. The molecule has 8 nitrogen and oxygen atoms in total. The third-order valence-corrected chi connectivity index (χ3v) is 3.80. The van der Waals surface area contributed by atoms with Crippen molar-refractivity contribution in [3.63, 3.8) is 0 Å². The molecule has 134 valence electrons. The molecule has 1 heterocycles. The Bertz CT molecular complexity index is 645. The average Bonchev–Trinajstić information content (AvgIpc) is 2.66. The van der Waals surface area contributed by atoms with Crippen LogP contribution in [0.4, 0.5) is 10.5 Å². The number of anilines is 1. The number of amides is 4. The van der Waals surface area contributed by atoms with Crippen molar-refractivity contribution >= 4 is 23.5 Å². The molecule has 1 atom stereocenters. The fourth-order valence-electron chi connectivity index (χ4n) is 2.45. The van der Waals surface area contributed by atoms with Crippen LogP contribution in [0.5, 0.6) is 0 Å². The number of rotatable bonds is 5. The highest BCUT2D eigenvalue weighted by molar-refractivity contribution is 5.99. The molecule has 0 spiro atoms. The monoisotopic (exact) mass is 346 g/mol. The maximum absolute atomic E-state index is 12.8. The van der Waals surface area contributed by atoms with E-state index in [-0.39, 0.29) is 23.9 Å². The highest BCUT2D eigenvalue weighted by Gasteiger charge is 2.28. The molecule has 1 fully saturated rings. The number of benzene rings is 1. The lowest BCUT2D eigenvalue weighted by atomic mass is 10.1. The van der Waals surface area contributed by atoms with E-state index in [1.807, 2.05) is 0 Å². The van der Waals surface area contributed by atoms with Crippen molar-refractivity contribution in [3.05, 3.63) is 42.5 Å². The molecule has 1 aliphatic rings. The van der Waals surface area contributed by atoms with Gasteiger partial charge in [-0.3, -0.25) is 9.59 Å². The van der Waals surface area contributed by atoms with Crippen LogP contribution < -0.4 is 16.0 Å². The Kier molecular flexibility index (Phi) is 6.53. The van der Waals surface area contributed by atoms with Gasteiger partial charge in [0.15, 0.2) is 0 Å². The summed E-state index contributed by atoms with van der Waals surface area (Å²) in [4.78, 5) is 37.1. The van der Waals surface area contributed by atoms with E-state index in [2.05, 4.69) is 22.5 Å². The third kappa shape index (κ3) is 5.05. The molecule has 1 unspecified atom stereocenters. The van der Waals surface area contributed by atoms with E-state index in [1.54, 1.807) is 29.2 Å². The van der Waals surface area contributed by atoms with Crippen molar-refractivity contribution in [2.45, 2.75) is 6.04 Å². The van der Waals surface area contributed by atoms with Crippen LogP contribution in [0.3, 0.4) is 0 Å². The Balaban J connectivity index is 2.04. The lowest BCUT2D eigenvalue weighted by molar-refractivity contribution is -0.111. The van der Waals surface area contributed by atoms with Gasteiger partial charge in [-0.25, -0.2) is 4.79 Å². The maximum Gasteiger partial charge on any atom is 0.314 e. The minimum Gasteiger partial charge on any atom is -0.377 e. The van der Waals surface area contributed by atoms with Gasteiger partial charge in [-0.15, -0.1) is 0 Å². The molecule has 1 aromatic carbocycles. The van der Waals surface area contributed by atoms with Gasteiger partial charge in [0.25, 0.3) is 5.91 Å². The number of morpholine rings is 1. The van der Waals surface area contributed by atoms with Gasteiger partial charge < -0.3 is 25.6 Å². The molecule has 0 saturated carbocycles. The Morgan fingerprint density at radius 1 is 1.32 bits per heavy atom. The fourth-order valence-corrected chi connectivity index (χ4v) is 2.45. The van der Waals surface area contributed by atoms with Crippen LogP contribution in [0, 0.1) is 0 Å². The number of hydrogen-bond donors (Lipinski definition) is 3. The molecular weight excluding hydrogens is 324 g/mol. The lowest BCUT2D eigenvalue weighted by Gasteiger charge is -2.35. The minimum atomic E-state index is -0.312. The smallest absolute Gasteiger partial charge is 0.314 e. The van der Waals surface area contributed by atoms with Crippen LogP contribution in [-0.2, 0) is 9.53 Å². The Hall–Kier alpha value is -2.87. The zero-order valence-electron chi connectivity index (χ0n) is 14.1. The molecular formula is C17H22N4O4. The molecule has 0 aromatic heterocycles. The molecule has 1 aliphatic heterocycles. The Morgan fingerprint density at radius 3 is 2.68 bits per heavy atom. The number of ether oxygens (including phenoxy) is 1. The third-order valence-electron chi connectivity index (χ3n) is 3.80. The van der Waals surface area contributed by atoms with Crippen LogP contribution in [0.1, 0.15) is 10.4 Å². The minimum absolute atomic E-state index is 0.145. The SMILES string of the molecule is C=CC(=O)Nc1ccc(C(=O)N2CCOCC2CNC(=O)NC)cc1. The summed E-state index contributed by atoms with van der Waals surface area (Å²) >= 11 is 0. The van der Waals surface area contributed by atoms with Crippen LogP contribution in [-0.4, -0.2) is 62.1 Å². The van der Waals surface area contributed by atoms with Crippen LogP contribution in [0.2, 0.25) is 0 Å². The predicted octanol–water partition coefficient (Wildman–Crippen LogP) is 0.581. The first kappa shape index (κ1) is 18.5. The van der Waals surface area contributed by atoms with Gasteiger partial charge in [0.1, 0.15) is 0 Å². The quantitative estimate of drug-likeness (QED) is 0.679. The molecule has 1 aromatic rings. The number of urea groups is 1. The molecule has 25 heavy (non-hydrogen) atoms. The van der Waals surface area contributed by atoms with Crippen LogP contribution in [0.25, 0.3) is 0 Å². The second-order valence-electron chi connectivity index (χ2n) is 5.46. The topological polar surface area (TPSA) is 99.8 Å². The standard InChI is InChI=1S/C17H22N4O4/c1-3-15(22)20-13-6-4-12(5-7-13)16(23)21-8-9-25-11-14(21)10-19-17(24)18-2/h3-7,14H,1,8-11H2,2H3,(H,20,22)(H2,18,19,24). The summed E-state index contributed by atoms with van der Waals surface area (Å²) in [5, 5.41) is 7.79. The van der Waals surface area contributed by atoms with E-state index >= 15 is 0 Å². The molecule has 1 saturated heterocycles. The maximum atomic E-state index is 12.8. The molecule has 0 aliphatic carbocycles. The lowest BCUT2D eigenvalue weighted by Crippen LogP contribution is -2.54. The van der Waals surface area contributed by atoms with E-state index < -0.39 is 0 Å². The normalized spacial score (nSPS) is 16.7. The second kappa shape index (κ2) is 8.84. The first-order valence-electron chi connectivity index (χ1n) is 7.93. The van der Waals surface area contributed by atoms with Crippen molar-refractivity contribution in [2.24, 2.45) is 0 Å². The van der Waals surface area contributed by atoms with Crippen molar-refractivity contribution in [2.75, 3.05) is 38.7 Å². The van der Waals surface area contributed by atoms with E-state index in [0.29, 0.717) is 37.6 Å². The zero-order chi connectivity index (χ0) is 18.2. The fraction of sp³-hybridized carbons (Fsp3) is 0.353. The molecule has 8 heteroatoms. The van der Waals surface area contributed by atoms with Crippen molar-refractivity contribution in [3.8, 4) is 0 Å². The average molecular weight is 346 g/mol. The summed E-state index contributed by atoms with van der Waals surface area (Å²) in [7, 11) is 1.53. The number of carbonyl (C=O) groups is 3. The molecule has 0 radical (unpaired) electrons. The molecule has 3 N–H and O–H groups in total. The molecule has 2 rings (SSSR count). The zero-order valence-corrected chi connectivity index (χ0v) is 14.1. The van der Waals surface area contributed by atoms with Gasteiger partial charge in [0, 0.05) is 31.4 Å². The number of carbonyl (C=O) groups excluding carboxylic acids is 3. The van der Waals surface area contributed by atoms with Gasteiger partial charge in [0.2, 0.25) is 5.91 Å². The Labute approximate surface area is 146 Å². The van der Waals surface area contributed by atoms with E-state index in [1.165, 1.54) is 13.1 Å². The van der Waals surface area contributed by atoms with Gasteiger partial charge >= 0.3 is 6.03 Å². The van der Waals surface area contributed by atoms with E-state index in [0.717, 1.165) is 0 Å². The van der Waals surface area contributed by atoms with Gasteiger partial charge in [-0.2, -0.15) is 0 Å². The molecule has 4 amide bonds. The van der Waals surface area contributed by atoms with Crippen LogP contribution >= 0.6 is 0 Å². The number of nitrogens with zero attached hydrogens (tertiary/aromatic N) is 1.